The molecule has 0 atom stereocenters. The summed E-state index contributed by atoms with van der Waals surface area (Å²) in [5.41, 5.74) is 4.23. The first-order chi connectivity index (χ1) is 13.2. The minimum Gasteiger partial charge on any atom is -0.447 e. The molecule has 140 valence electrons. The predicted molar refractivity (Wildman–Crippen MR) is 101 cm³/mol. The Morgan fingerprint density at radius 3 is 2.93 bits per heavy atom. The maximum Gasteiger partial charge on any atom is 0.414 e. The molecular weight excluding hydrogens is 344 g/mol. The van der Waals surface area contributed by atoms with Crippen LogP contribution in [0.25, 0.3) is 0 Å². The fourth-order valence-corrected chi connectivity index (χ4v) is 3.60. The summed E-state index contributed by atoms with van der Waals surface area (Å²) in [5.74, 6) is 0. The van der Waals surface area contributed by atoms with Crippen LogP contribution in [0.2, 0.25) is 0 Å². The number of carbonyl (C=O) groups is 2. The molecular formula is C20H22N4O3. The van der Waals surface area contributed by atoms with E-state index in [2.05, 4.69) is 10.3 Å². The molecule has 0 bridgehead atoms. The van der Waals surface area contributed by atoms with Crippen LogP contribution in [-0.2, 0) is 24.1 Å². The average Bonchev–Trinajstić information content (AvgIpc) is 3.13. The number of ether oxygens (including phenoxy) is 1. The number of hydrogen-bond acceptors (Lipinski definition) is 4. The first-order valence-corrected chi connectivity index (χ1v) is 9.19. The van der Waals surface area contributed by atoms with Crippen LogP contribution in [0.5, 0.6) is 0 Å². The summed E-state index contributed by atoms with van der Waals surface area (Å²) in [6.07, 6.45) is 4.74. The van der Waals surface area contributed by atoms with Crippen LogP contribution in [-0.4, -0.2) is 48.2 Å². The Labute approximate surface area is 157 Å². The van der Waals surface area contributed by atoms with Crippen LogP contribution >= 0.6 is 0 Å². The van der Waals surface area contributed by atoms with E-state index < -0.39 is 0 Å². The van der Waals surface area contributed by atoms with Crippen LogP contribution in [0.1, 0.15) is 16.7 Å². The van der Waals surface area contributed by atoms with Gasteiger partial charge in [-0.25, -0.2) is 9.59 Å². The fraction of sp³-hybridized carbons (Fsp3) is 0.350. The number of cyclic esters (lactones) is 1. The second-order valence-electron chi connectivity index (χ2n) is 6.70. The number of hydrogen-bond donors (Lipinski definition) is 1. The van der Waals surface area contributed by atoms with Gasteiger partial charge in [0.2, 0.25) is 0 Å². The minimum absolute atomic E-state index is 0.0597. The molecule has 7 heteroatoms. The van der Waals surface area contributed by atoms with Crippen molar-refractivity contribution in [1.29, 1.82) is 0 Å². The lowest BCUT2D eigenvalue weighted by Crippen LogP contribution is -2.43. The van der Waals surface area contributed by atoms with Gasteiger partial charge in [-0.15, -0.1) is 0 Å². The van der Waals surface area contributed by atoms with Gasteiger partial charge in [-0.3, -0.25) is 9.88 Å². The van der Waals surface area contributed by atoms with E-state index in [4.69, 9.17) is 4.74 Å². The highest BCUT2D eigenvalue weighted by molar-refractivity contribution is 5.90. The molecule has 0 saturated carbocycles. The molecule has 2 aliphatic rings. The number of carbonyl (C=O) groups excluding carboxylic acids is 2. The molecule has 1 fully saturated rings. The molecule has 0 radical (unpaired) electrons. The number of aromatic nitrogens is 1. The number of rotatable bonds is 4. The van der Waals surface area contributed by atoms with E-state index in [1.807, 2.05) is 41.4 Å². The van der Waals surface area contributed by atoms with Crippen LogP contribution in [0.4, 0.5) is 15.3 Å². The molecule has 1 aromatic heterocycles. The molecule has 0 aliphatic carbocycles. The second kappa shape index (κ2) is 7.65. The molecule has 0 spiro atoms. The Morgan fingerprint density at radius 2 is 2.15 bits per heavy atom. The third-order valence-corrected chi connectivity index (χ3v) is 4.99. The van der Waals surface area contributed by atoms with Gasteiger partial charge in [0.1, 0.15) is 6.61 Å². The summed E-state index contributed by atoms with van der Waals surface area (Å²) in [6, 6.07) is 9.75. The standard InChI is InChI=1S/C20H22N4O3/c25-19(22-9-6-15-3-2-8-21-13-15)23-10-7-17-16(14-23)4-1-5-18(17)24-11-12-27-20(24)26/h1-5,8,13H,6-7,9-12,14H2,(H,22,25). The Morgan fingerprint density at radius 1 is 1.22 bits per heavy atom. The lowest BCUT2D eigenvalue weighted by Gasteiger charge is -2.31. The number of nitrogens with zero attached hydrogens (tertiary/aromatic N) is 3. The van der Waals surface area contributed by atoms with E-state index in [-0.39, 0.29) is 12.1 Å². The van der Waals surface area contributed by atoms with Gasteiger partial charge in [0.25, 0.3) is 0 Å². The number of amides is 3. The molecule has 2 aromatic rings. The molecule has 0 unspecified atom stereocenters. The Hall–Kier alpha value is -3.09. The van der Waals surface area contributed by atoms with Crippen molar-refractivity contribution in [1.82, 2.24) is 15.2 Å². The largest absolute Gasteiger partial charge is 0.447 e. The smallest absolute Gasteiger partial charge is 0.414 e. The van der Waals surface area contributed by atoms with E-state index >= 15 is 0 Å². The van der Waals surface area contributed by atoms with Crippen molar-refractivity contribution in [3.05, 3.63) is 59.4 Å². The number of pyridine rings is 1. The van der Waals surface area contributed by atoms with Gasteiger partial charge in [0, 0.05) is 32.0 Å². The van der Waals surface area contributed by atoms with Crippen molar-refractivity contribution >= 4 is 17.8 Å². The van der Waals surface area contributed by atoms with E-state index in [1.165, 1.54) is 0 Å². The molecule has 27 heavy (non-hydrogen) atoms. The second-order valence-corrected chi connectivity index (χ2v) is 6.70. The van der Waals surface area contributed by atoms with E-state index in [0.29, 0.717) is 32.8 Å². The number of nitrogens with one attached hydrogen (secondary N) is 1. The summed E-state index contributed by atoms with van der Waals surface area (Å²) in [7, 11) is 0. The molecule has 3 amide bonds. The molecule has 3 heterocycles. The van der Waals surface area contributed by atoms with Gasteiger partial charge in [0.15, 0.2) is 0 Å². The topological polar surface area (TPSA) is 74.8 Å². The zero-order valence-electron chi connectivity index (χ0n) is 15.1. The van der Waals surface area contributed by atoms with Crippen molar-refractivity contribution in [2.75, 3.05) is 31.1 Å². The van der Waals surface area contributed by atoms with Crippen LogP contribution in [0.15, 0.2) is 42.7 Å². The molecule has 1 N–H and O–H groups in total. The van der Waals surface area contributed by atoms with Crippen molar-refractivity contribution in [2.45, 2.75) is 19.4 Å². The van der Waals surface area contributed by atoms with Crippen LogP contribution in [0.3, 0.4) is 0 Å². The summed E-state index contributed by atoms with van der Waals surface area (Å²) in [6.45, 7) is 2.76. The normalized spacial score (nSPS) is 16.1. The van der Waals surface area contributed by atoms with Crippen LogP contribution in [0, 0.1) is 0 Å². The molecule has 7 nitrogen and oxygen atoms in total. The highest BCUT2D eigenvalue weighted by atomic mass is 16.6. The molecule has 1 saturated heterocycles. The van der Waals surface area contributed by atoms with Gasteiger partial charge in [0.05, 0.1) is 12.2 Å². The lowest BCUT2D eigenvalue weighted by molar-refractivity contribution is 0.180. The monoisotopic (exact) mass is 366 g/mol. The first-order valence-electron chi connectivity index (χ1n) is 9.19. The van der Waals surface area contributed by atoms with Gasteiger partial charge in [-0.05, 0) is 41.7 Å². The van der Waals surface area contributed by atoms with Gasteiger partial charge < -0.3 is 15.0 Å². The van der Waals surface area contributed by atoms with Crippen molar-refractivity contribution in [3.8, 4) is 0 Å². The Balaban J connectivity index is 1.38. The predicted octanol–water partition coefficient (Wildman–Crippen LogP) is 2.35. The summed E-state index contributed by atoms with van der Waals surface area (Å²) in [4.78, 5) is 32.0. The number of fused-ring (bicyclic) bond motifs is 1. The Bertz CT molecular complexity index is 840. The van der Waals surface area contributed by atoms with Gasteiger partial charge in [-0.2, -0.15) is 0 Å². The summed E-state index contributed by atoms with van der Waals surface area (Å²) >= 11 is 0. The highest BCUT2D eigenvalue weighted by Gasteiger charge is 2.29. The third kappa shape index (κ3) is 3.72. The number of anilines is 1. The number of urea groups is 1. The van der Waals surface area contributed by atoms with Crippen molar-refractivity contribution in [3.63, 3.8) is 0 Å². The van der Waals surface area contributed by atoms with E-state index in [9.17, 15) is 9.59 Å². The molecule has 4 rings (SSSR count). The SMILES string of the molecule is O=C(NCCc1cccnc1)N1CCc2c(cccc2N2CCOC2=O)C1. The maximum atomic E-state index is 12.5. The minimum atomic E-state index is -0.293. The van der Waals surface area contributed by atoms with Gasteiger partial charge in [-0.1, -0.05) is 18.2 Å². The zero-order valence-corrected chi connectivity index (χ0v) is 15.1. The zero-order chi connectivity index (χ0) is 18.6. The van der Waals surface area contributed by atoms with Gasteiger partial charge >= 0.3 is 12.1 Å². The fourth-order valence-electron chi connectivity index (χ4n) is 3.60. The molecule has 1 aromatic carbocycles. The van der Waals surface area contributed by atoms with Crippen molar-refractivity contribution in [2.24, 2.45) is 0 Å². The Kier molecular flexibility index (Phi) is 4.91. The summed E-state index contributed by atoms with van der Waals surface area (Å²) in [5, 5.41) is 2.98. The third-order valence-electron chi connectivity index (χ3n) is 4.99. The van der Waals surface area contributed by atoms with Crippen LogP contribution < -0.4 is 10.2 Å². The lowest BCUT2D eigenvalue weighted by atomic mass is 9.97. The van der Waals surface area contributed by atoms with E-state index in [1.54, 1.807) is 11.1 Å². The highest BCUT2D eigenvalue weighted by Crippen LogP contribution is 2.30. The molecule has 2 aliphatic heterocycles. The quantitative estimate of drug-likeness (QED) is 0.901. The van der Waals surface area contributed by atoms with Crippen molar-refractivity contribution < 1.29 is 14.3 Å². The van der Waals surface area contributed by atoms with E-state index in [0.717, 1.165) is 35.2 Å². The maximum absolute atomic E-state index is 12.5. The summed E-state index contributed by atoms with van der Waals surface area (Å²) < 4.78 is 5.06. The number of benzene rings is 1. The first kappa shape index (κ1) is 17.3. The average molecular weight is 366 g/mol.